The van der Waals surface area contributed by atoms with Crippen LogP contribution in [0, 0.1) is 0 Å². The summed E-state index contributed by atoms with van der Waals surface area (Å²) in [5, 5.41) is 8.06. The Kier molecular flexibility index (Phi) is 4.12. The van der Waals surface area contributed by atoms with Crippen LogP contribution in [0.1, 0.15) is 37.6 Å². The van der Waals surface area contributed by atoms with Gasteiger partial charge in [-0.2, -0.15) is 0 Å². The minimum absolute atomic E-state index is 0.504. The van der Waals surface area contributed by atoms with Crippen molar-refractivity contribution in [2.45, 2.75) is 51.1 Å². The quantitative estimate of drug-likeness (QED) is 0.906. The van der Waals surface area contributed by atoms with Crippen molar-refractivity contribution >= 4 is 27.5 Å². The van der Waals surface area contributed by atoms with E-state index in [2.05, 4.69) is 32.5 Å². The van der Waals surface area contributed by atoms with Gasteiger partial charge in [-0.1, -0.05) is 18.3 Å². The SMILES string of the molecule is CCc1nc2c(NC3CCC(NC)CC3)ncnc2s1. The van der Waals surface area contributed by atoms with Gasteiger partial charge in [0.1, 0.15) is 16.7 Å². The van der Waals surface area contributed by atoms with Gasteiger partial charge < -0.3 is 10.6 Å². The summed E-state index contributed by atoms with van der Waals surface area (Å²) in [6.45, 7) is 2.12. The topological polar surface area (TPSA) is 62.7 Å². The van der Waals surface area contributed by atoms with Gasteiger partial charge in [0.25, 0.3) is 0 Å². The van der Waals surface area contributed by atoms with Crippen LogP contribution >= 0.6 is 11.3 Å². The molecule has 2 aromatic heterocycles. The van der Waals surface area contributed by atoms with Crippen molar-refractivity contribution < 1.29 is 0 Å². The zero-order valence-corrected chi connectivity index (χ0v) is 12.8. The molecule has 0 aromatic carbocycles. The van der Waals surface area contributed by atoms with Crippen molar-refractivity contribution in [2.24, 2.45) is 0 Å². The molecular weight excluding hydrogens is 270 g/mol. The second kappa shape index (κ2) is 6.01. The van der Waals surface area contributed by atoms with Crippen molar-refractivity contribution in [3.8, 4) is 0 Å². The van der Waals surface area contributed by atoms with E-state index >= 15 is 0 Å². The second-order valence-electron chi connectivity index (χ2n) is 5.32. The van der Waals surface area contributed by atoms with Crippen molar-refractivity contribution in [3.05, 3.63) is 11.3 Å². The first kappa shape index (κ1) is 13.7. The summed E-state index contributed by atoms with van der Waals surface area (Å²) in [5.41, 5.74) is 0.935. The molecule has 0 bridgehead atoms. The van der Waals surface area contributed by atoms with Gasteiger partial charge in [0.2, 0.25) is 0 Å². The molecule has 5 nitrogen and oxygen atoms in total. The Bertz CT molecular complexity index is 574. The molecule has 1 aliphatic rings. The maximum Gasteiger partial charge on any atom is 0.157 e. The van der Waals surface area contributed by atoms with E-state index in [1.165, 1.54) is 25.7 Å². The Labute approximate surface area is 123 Å². The number of nitrogens with zero attached hydrogens (tertiary/aromatic N) is 3. The Balaban J connectivity index is 1.76. The fourth-order valence-electron chi connectivity index (χ4n) is 2.77. The highest BCUT2D eigenvalue weighted by atomic mass is 32.1. The molecule has 0 amide bonds. The lowest BCUT2D eigenvalue weighted by molar-refractivity contribution is 0.371. The number of fused-ring (bicyclic) bond motifs is 1. The number of aryl methyl sites for hydroxylation is 1. The van der Waals surface area contributed by atoms with Gasteiger partial charge in [-0.15, -0.1) is 0 Å². The van der Waals surface area contributed by atoms with E-state index in [1.54, 1.807) is 17.7 Å². The van der Waals surface area contributed by atoms with Gasteiger partial charge >= 0.3 is 0 Å². The van der Waals surface area contributed by atoms with E-state index < -0.39 is 0 Å². The Morgan fingerprint density at radius 1 is 1.20 bits per heavy atom. The van der Waals surface area contributed by atoms with Gasteiger partial charge in [-0.05, 0) is 39.2 Å². The van der Waals surface area contributed by atoms with E-state index in [0.29, 0.717) is 12.1 Å². The number of hydrogen-bond acceptors (Lipinski definition) is 6. The number of rotatable bonds is 4. The van der Waals surface area contributed by atoms with Crippen LogP contribution in [0.5, 0.6) is 0 Å². The molecule has 1 aliphatic carbocycles. The van der Waals surface area contributed by atoms with E-state index in [9.17, 15) is 0 Å². The van der Waals surface area contributed by atoms with E-state index in [-0.39, 0.29) is 0 Å². The smallest absolute Gasteiger partial charge is 0.157 e. The summed E-state index contributed by atoms with van der Waals surface area (Å²) < 4.78 is 0. The summed E-state index contributed by atoms with van der Waals surface area (Å²) in [5.74, 6) is 0.902. The summed E-state index contributed by atoms with van der Waals surface area (Å²) >= 11 is 1.67. The molecule has 0 atom stereocenters. The normalized spacial score (nSPS) is 23.1. The van der Waals surface area contributed by atoms with Gasteiger partial charge in [0, 0.05) is 12.1 Å². The number of nitrogens with one attached hydrogen (secondary N) is 2. The molecule has 0 saturated heterocycles. The Morgan fingerprint density at radius 3 is 2.65 bits per heavy atom. The van der Waals surface area contributed by atoms with Crippen molar-refractivity contribution in [2.75, 3.05) is 12.4 Å². The van der Waals surface area contributed by atoms with Crippen LogP contribution in [0.3, 0.4) is 0 Å². The first-order chi connectivity index (χ1) is 9.80. The molecule has 0 radical (unpaired) electrons. The average molecular weight is 291 g/mol. The van der Waals surface area contributed by atoms with Gasteiger partial charge in [0.05, 0.1) is 5.01 Å². The third kappa shape index (κ3) is 2.76. The Hall–Kier alpha value is -1.27. The van der Waals surface area contributed by atoms with E-state index in [0.717, 1.165) is 27.6 Å². The van der Waals surface area contributed by atoms with Crippen molar-refractivity contribution in [1.82, 2.24) is 20.3 Å². The first-order valence-corrected chi connectivity index (χ1v) is 8.16. The molecule has 2 heterocycles. The molecule has 2 aromatic rings. The molecule has 1 saturated carbocycles. The Morgan fingerprint density at radius 2 is 1.95 bits per heavy atom. The van der Waals surface area contributed by atoms with Crippen LogP contribution in [0.25, 0.3) is 10.3 Å². The summed E-state index contributed by atoms with van der Waals surface area (Å²) in [7, 11) is 2.05. The monoisotopic (exact) mass is 291 g/mol. The standard InChI is InChI=1S/C14H21N5S/c1-3-11-19-12-13(16-8-17-14(12)20-11)18-10-6-4-9(15-2)5-7-10/h8-10,15H,3-7H2,1-2H3,(H,16,17,18). The van der Waals surface area contributed by atoms with Gasteiger partial charge in [-0.3, -0.25) is 0 Å². The molecule has 3 rings (SSSR count). The van der Waals surface area contributed by atoms with Gasteiger partial charge in [-0.25, -0.2) is 15.0 Å². The molecule has 0 spiro atoms. The number of thiazole rings is 1. The van der Waals surface area contributed by atoms with Crippen LogP contribution in [-0.4, -0.2) is 34.1 Å². The van der Waals surface area contributed by atoms with E-state index in [4.69, 9.17) is 0 Å². The largest absolute Gasteiger partial charge is 0.365 e. The highest BCUT2D eigenvalue weighted by Crippen LogP contribution is 2.27. The molecule has 6 heteroatoms. The van der Waals surface area contributed by atoms with Crippen LogP contribution in [0.15, 0.2) is 6.33 Å². The summed E-state index contributed by atoms with van der Waals surface area (Å²) in [6.07, 6.45) is 7.40. The van der Waals surface area contributed by atoms with Crippen LogP contribution < -0.4 is 10.6 Å². The van der Waals surface area contributed by atoms with E-state index in [1.807, 2.05) is 7.05 Å². The maximum atomic E-state index is 4.65. The predicted molar refractivity (Wildman–Crippen MR) is 83.3 cm³/mol. The highest BCUT2D eigenvalue weighted by molar-refractivity contribution is 7.18. The first-order valence-electron chi connectivity index (χ1n) is 7.34. The van der Waals surface area contributed by atoms with Crippen LogP contribution in [0.4, 0.5) is 5.82 Å². The van der Waals surface area contributed by atoms with Gasteiger partial charge in [0.15, 0.2) is 5.82 Å². The lowest BCUT2D eigenvalue weighted by atomic mass is 9.91. The highest BCUT2D eigenvalue weighted by Gasteiger charge is 2.21. The lowest BCUT2D eigenvalue weighted by Crippen LogP contribution is -2.35. The summed E-state index contributed by atoms with van der Waals surface area (Å²) in [6, 6.07) is 1.17. The fraction of sp³-hybridized carbons (Fsp3) is 0.643. The number of aromatic nitrogens is 3. The molecule has 0 unspecified atom stereocenters. The average Bonchev–Trinajstić information content (AvgIpc) is 2.92. The zero-order chi connectivity index (χ0) is 13.9. The summed E-state index contributed by atoms with van der Waals surface area (Å²) in [4.78, 5) is 14.4. The fourth-order valence-corrected chi connectivity index (χ4v) is 3.62. The molecular formula is C14H21N5S. The molecule has 2 N–H and O–H groups in total. The number of hydrogen-bond donors (Lipinski definition) is 2. The minimum Gasteiger partial charge on any atom is -0.365 e. The maximum absolute atomic E-state index is 4.65. The minimum atomic E-state index is 0.504. The van der Waals surface area contributed by atoms with Crippen LogP contribution in [-0.2, 0) is 6.42 Å². The third-order valence-corrected chi connectivity index (χ3v) is 5.13. The predicted octanol–water partition coefficient (Wildman–Crippen LogP) is 2.59. The second-order valence-corrected chi connectivity index (χ2v) is 6.38. The van der Waals surface area contributed by atoms with Crippen molar-refractivity contribution in [3.63, 3.8) is 0 Å². The zero-order valence-electron chi connectivity index (χ0n) is 12.0. The lowest BCUT2D eigenvalue weighted by Gasteiger charge is -2.29. The third-order valence-electron chi connectivity index (χ3n) is 4.02. The molecule has 1 fully saturated rings. The van der Waals surface area contributed by atoms with Crippen LogP contribution in [0.2, 0.25) is 0 Å². The molecule has 108 valence electrons. The number of anilines is 1. The molecule has 20 heavy (non-hydrogen) atoms. The molecule has 0 aliphatic heterocycles. The van der Waals surface area contributed by atoms with Crippen molar-refractivity contribution in [1.29, 1.82) is 0 Å².